The zero-order valence-electron chi connectivity index (χ0n) is 14.1. The molecule has 3 fully saturated rings. The molecule has 24 heavy (non-hydrogen) atoms. The normalized spacial score (nSPS) is 30.2. The Bertz CT molecular complexity index is 760. The molecule has 1 N–H and O–H groups in total. The molecule has 2 bridgehead atoms. The Morgan fingerprint density at radius 2 is 2.29 bits per heavy atom. The summed E-state index contributed by atoms with van der Waals surface area (Å²) in [5.74, 6) is 2.01. The number of nitrogens with zero attached hydrogens (tertiary/aromatic N) is 2. The van der Waals surface area contributed by atoms with Crippen LogP contribution >= 0.6 is 0 Å². The molecule has 3 unspecified atom stereocenters. The molecule has 4 nitrogen and oxygen atoms in total. The third kappa shape index (κ3) is 2.50. The number of aliphatic hydroxyl groups is 1. The first kappa shape index (κ1) is 15.6. The quantitative estimate of drug-likeness (QED) is 0.878. The first-order valence-electron chi connectivity index (χ1n) is 8.68. The highest BCUT2D eigenvalue weighted by Crippen LogP contribution is 2.42. The van der Waals surface area contributed by atoms with E-state index in [4.69, 9.17) is 4.74 Å². The zero-order chi connectivity index (χ0) is 16.7. The summed E-state index contributed by atoms with van der Waals surface area (Å²) in [4.78, 5) is 6.86. The van der Waals surface area contributed by atoms with Gasteiger partial charge in [-0.3, -0.25) is 9.88 Å². The third-order valence-corrected chi connectivity index (χ3v) is 5.82. The summed E-state index contributed by atoms with van der Waals surface area (Å²) in [6.45, 7) is 6.07. The summed E-state index contributed by atoms with van der Waals surface area (Å²) in [6, 6.07) is 7.96. The zero-order valence-corrected chi connectivity index (χ0v) is 14.1. The molecule has 4 heterocycles. The lowest BCUT2D eigenvalue weighted by molar-refractivity contribution is -0.0444. The minimum atomic E-state index is -0.504. The number of hydrogen-bond donors (Lipinski definition) is 1. The van der Waals surface area contributed by atoms with Gasteiger partial charge in [-0.05, 0) is 61.1 Å². The van der Waals surface area contributed by atoms with Gasteiger partial charge in [0.1, 0.15) is 5.75 Å². The SMILES string of the molecule is C=CC1CN2CC[C@H]1CC2[C@H](O)c1ccnc2ccc(OC)cc12. The predicted octanol–water partition coefficient (Wildman–Crippen LogP) is 3.17. The maximum atomic E-state index is 11.2. The van der Waals surface area contributed by atoms with E-state index in [1.165, 1.54) is 6.42 Å². The van der Waals surface area contributed by atoms with Gasteiger partial charge in [0, 0.05) is 24.2 Å². The number of hydrogen-bond acceptors (Lipinski definition) is 4. The van der Waals surface area contributed by atoms with Crippen molar-refractivity contribution in [2.75, 3.05) is 20.2 Å². The number of ether oxygens (including phenoxy) is 1. The highest BCUT2D eigenvalue weighted by atomic mass is 16.5. The van der Waals surface area contributed by atoms with Gasteiger partial charge in [0.05, 0.1) is 18.7 Å². The number of fused-ring (bicyclic) bond motifs is 4. The number of methoxy groups -OCH3 is 1. The first-order valence-corrected chi connectivity index (χ1v) is 8.68. The Morgan fingerprint density at radius 1 is 1.42 bits per heavy atom. The van der Waals surface area contributed by atoms with Crippen molar-refractivity contribution >= 4 is 10.9 Å². The van der Waals surface area contributed by atoms with Gasteiger partial charge in [-0.15, -0.1) is 6.58 Å². The minimum absolute atomic E-state index is 0.178. The Kier molecular flexibility index (Phi) is 4.02. The van der Waals surface area contributed by atoms with Gasteiger partial charge in [-0.25, -0.2) is 0 Å². The van der Waals surface area contributed by atoms with E-state index in [2.05, 4.69) is 22.5 Å². The summed E-state index contributed by atoms with van der Waals surface area (Å²) < 4.78 is 5.35. The molecule has 1 aromatic heterocycles. The van der Waals surface area contributed by atoms with E-state index in [1.54, 1.807) is 13.3 Å². The lowest BCUT2D eigenvalue weighted by Gasteiger charge is -2.50. The van der Waals surface area contributed by atoms with Crippen molar-refractivity contribution in [3.8, 4) is 5.75 Å². The third-order valence-electron chi connectivity index (χ3n) is 5.82. The van der Waals surface area contributed by atoms with Gasteiger partial charge in [-0.2, -0.15) is 0 Å². The van der Waals surface area contributed by atoms with Crippen molar-refractivity contribution in [1.82, 2.24) is 9.88 Å². The highest BCUT2D eigenvalue weighted by molar-refractivity contribution is 5.83. The number of pyridine rings is 1. The molecular weight excluding hydrogens is 300 g/mol. The van der Waals surface area contributed by atoms with Crippen LogP contribution < -0.4 is 4.74 Å². The molecule has 0 amide bonds. The molecule has 3 aliphatic heterocycles. The Balaban J connectivity index is 1.69. The van der Waals surface area contributed by atoms with E-state index in [1.807, 2.05) is 24.3 Å². The molecule has 0 aliphatic carbocycles. The van der Waals surface area contributed by atoms with Gasteiger partial charge in [0.15, 0.2) is 0 Å². The molecule has 2 aromatic rings. The van der Waals surface area contributed by atoms with Gasteiger partial charge in [-0.1, -0.05) is 6.08 Å². The largest absolute Gasteiger partial charge is 0.497 e. The summed E-state index contributed by atoms with van der Waals surface area (Å²) >= 11 is 0. The van der Waals surface area contributed by atoms with Gasteiger partial charge in [0.25, 0.3) is 0 Å². The molecule has 5 rings (SSSR count). The Morgan fingerprint density at radius 3 is 3.00 bits per heavy atom. The van der Waals surface area contributed by atoms with Crippen molar-refractivity contribution in [3.63, 3.8) is 0 Å². The van der Waals surface area contributed by atoms with Crippen LogP contribution in [0.2, 0.25) is 0 Å². The van der Waals surface area contributed by atoms with Crippen molar-refractivity contribution in [3.05, 3.63) is 48.7 Å². The first-order chi connectivity index (χ1) is 11.7. The van der Waals surface area contributed by atoms with E-state index < -0.39 is 6.10 Å². The standard InChI is InChI=1S/C20H24N2O2/c1-3-13-12-22-9-7-14(13)10-19(22)20(23)16-6-8-21-18-5-4-15(24-2)11-17(16)18/h3-6,8,11,13-14,19-20,23H,1,7,9-10,12H2,2H3/t13?,14-,19?,20+/m0/s1. The maximum absolute atomic E-state index is 11.2. The van der Waals surface area contributed by atoms with Crippen LogP contribution in [0.3, 0.4) is 0 Å². The molecule has 3 aliphatic rings. The van der Waals surface area contributed by atoms with Crippen LogP contribution in [0.25, 0.3) is 10.9 Å². The predicted molar refractivity (Wildman–Crippen MR) is 95.0 cm³/mol. The molecule has 3 saturated heterocycles. The maximum Gasteiger partial charge on any atom is 0.119 e. The fraction of sp³-hybridized carbons (Fsp3) is 0.450. The average Bonchev–Trinajstić information content (AvgIpc) is 2.66. The van der Waals surface area contributed by atoms with Crippen LogP contribution in [0.1, 0.15) is 24.5 Å². The molecule has 5 atom stereocenters. The molecule has 0 spiro atoms. The van der Waals surface area contributed by atoms with Crippen LogP contribution in [0, 0.1) is 11.8 Å². The second kappa shape index (κ2) is 6.19. The number of benzene rings is 1. The molecule has 4 heteroatoms. The van der Waals surface area contributed by atoms with Gasteiger partial charge >= 0.3 is 0 Å². The fourth-order valence-electron chi connectivity index (χ4n) is 4.44. The van der Waals surface area contributed by atoms with Crippen molar-refractivity contribution in [1.29, 1.82) is 0 Å². The van der Waals surface area contributed by atoms with Crippen molar-refractivity contribution in [2.24, 2.45) is 11.8 Å². The molecular formula is C20H24N2O2. The van der Waals surface area contributed by atoms with Crippen molar-refractivity contribution in [2.45, 2.75) is 25.0 Å². The van der Waals surface area contributed by atoms with E-state index >= 15 is 0 Å². The summed E-state index contributed by atoms with van der Waals surface area (Å²) in [6.07, 6.45) is 5.62. The van der Waals surface area contributed by atoms with Crippen LogP contribution in [0.5, 0.6) is 5.75 Å². The highest BCUT2D eigenvalue weighted by Gasteiger charge is 2.42. The molecule has 0 saturated carbocycles. The summed E-state index contributed by atoms with van der Waals surface area (Å²) in [5, 5.41) is 12.1. The van der Waals surface area contributed by atoms with Gasteiger partial charge in [0.2, 0.25) is 0 Å². The fourth-order valence-corrected chi connectivity index (χ4v) is 4.44. The van der Waals surface area contributed by atoms with Gasteiger partial charge < -0.3 is 9.84 Å². The smallest absolute Gasteiger partial charge is 0.119 e. The number of aromatic nitrogens is 1. The van der Waals surface area contributed by atoms with Crippen LogP contribution in [-0.2, 0) is 0 Å². The minimum Gasteiger partial charge on any atom is -0.497 e. The summed E-state index contributed by atoms with van der Waals surface area (Å²) in [5.41, 5.74) is 1.85. The second-order valence-corrected chi connectivity index (χ2v) is 6.97. The Labute approximate surface area is 142 Å². The summed E-state index contributed by atoms with van der Waals surface area (Å²) in [7, 11) is 1.66. The van der Waals surface area contributed by atoms with Crippen LogP contribution in [0.4, 0.5) is 0 Å². The Hall–Kier alpha value is -1.91. The van der Waals surface area contributed by atoms with Crippen LogP contribution in [-0.4, -0.2) is 41.2 Å². The van der Waals surface area contributed by atoms with Crippen LogP contribution in [0.15, 0.2) is 43.1 Å². The monoisotopic (exact) mass is 324 g/mol. The molecule has 1 aromatic carbocycles. The lowest BCUT2D eigenvalue weighted by Crippen LogP contribution is -2.54. The van der Waals surface area contributed by atoms with E-state index in [0.29, 0.717) is 11.8 Å². The average molecular weight is 324 g/mol. The van der Waals surface area contributed by atoms with E-state index in [9.17, 15) is 5.11 Å². The molecule has 126 valence electrons. The van der Waals surface area contributed by atoms with Crippen molar-refractivity contribution < 1.29 is 9.84 Å². The lowest BCUT2D eigenvalue weighted by atomic mass is 9.73. The number of aliphatic hydroxyl groups excluding tert-OH is 1. The number of piperidine rings is 3. The topological polar surface area (TPSA) is 45.6 Å². The number of rotatable bonds is 4. The molecule has 0 radical (unpaired) electrons. The van der Waals surface area contributed by atoms with E-state index in [-0.39, 0.29) is 6.04 Å². The van der Waals surface area contributed by atoms with E-state index in [0.717, 1.165) is 41.7 Å². The second-order valence-electron chi connectivity index (χ2n) is 6.97.